The first-order chi connectivity index (χ1) is 7.54. The lowest BCUT2D eigenvalue weighted by Gasteiger charge is -2.18. The highest BCUT2D eigenvalue weighted by molar-refractivity contribution is 5.21. The van der Waals surface area contributed by atoms with Gasteiger partial charge in [-0.15, -0.1) is 0 Å². The molecule has 0 bridgehead atoms. The van der Waals surface area contributed by atoms with Crippen LogP contribution >= 0.6 is 0 Å². The highest BCUT2D eigenvalue weighted by Crippen LogP contribution is 2.17. The van der Waals surface area contributed by atoms with Crippen molar-refractivity contribution in [3.05, 3.63) is 24.0 Å². The zero-order valence-electron chi connectivity index (χ0n) is 10.6. The minimum atomic E-state index is 0.0246. The minimum Gasteiger partial charge on any atom is -0.489 e. The Morgan fingerprint density at radius 1 is 1.31 bits per heavy atom. The maximum Gasteiger partial charge on any atom is 0.138 e. The van der Waals surface area contributed by atoms with E-state index >= 15 is 0 Å². The second kappa shape index (κ2) is 5.85. The molecule has 1 aromatic heterocycles. The molecule has 0 spiro atoms. The third-order valence-electron chi connectivity index (χ3n) is 2.84. The molecule has 0 aromatic carbocycles. The van der Waals surface area contributed by atoms with E-state index in [0.717, 1.165) is 17.9 Å². The summed E-state index contributed by atoms with van der Waals surface area (Å²) in [6, 6.07) is 3.91. The molecule has 0 radical (unpaired) electrons. The fraction of sp³-hybridized carbons (Fsp3) is 0.615. The molecule has 3 nitrogen and oxygen atoms in total. The Morgan fingerprint density at radius 3 is 2.44 bits per heavy atom. The van der Waals surface area contributed by atoms with Crippen LogP contribution in [0.25, 0.3) is 0 Å². The van der Waals surface area contributed by atoms with Crippen molar-refractivity contribution >= 4 is 0 Å². The van der Waals surface area contributed by atoms with Crippen LogP contribution in [0.15, 0.2) is 18.3 Å². The van der Waals surface area contributed by atoms with Gasteiger partial charge in [-0.3, -0.25) is 4.98 Å². The van der Waals surface area contributed by atoms with E-state index in [-0.39, 0.29) is 12.1 Å². The SMILES string of the molecule is CCC(N)c1ccc(OC(C)C(C)C)cn1. The monoisotopic (exact) mass is 222 g/mol. The van der Waals surface area contributed by atoms with Crippen LogP contribution in [0.4, 0.5) is 0 Å². The molecule has 2 N–H and O–H groups in total. The van der Waals surface area contributed by atoms with Crippen LogP contribution in [0.5, 0.6) is 5.75 Å². The highest BCUT2D eigenvalue weighted by Gasteiger charge is 2.09. The smallest absolute Gasteiger partial charge is 0.138 e. The fourth-order valence-electron chi connectivity index (χ4n) is 1.24. The molecule has 0 aliphatic heterocycles. The number of pyridine rings is 1. The van der Waals surface area contributed by atoms with Crippen LogP contribution in [0.1, 0.15) is 45.9 Å². The Balaban J connectivity index is 2.64. The van der Waals surface area contributed by atoms with Crippen molar-refractivity contribution in [2.24, 2.45) is 11.7 Å². The summed E-state index contributed by atoms with van der Waals surface area (Å²) in [5, 5.41) is 0. The zero-order valence-corrected chi connectivity index (χ0v) is 10.6. The largest absolute Gasteiger partial charge is 0.489 e. The highest BCUT2D eigenvalue weighted by atomic mass is 16.5. The lowest BCUT2D eigenvalue weighted by Crippen LogP contribution is -2.19. The number of aromatic nitrogens is 1. The first-order valence-electron chi connectivity index (χ1n) is 5.92. The van der Waals surface area contributed by atoms with Gasteiger partial charge in [-0.25, -0.2) is 0 Å². The number of hydrogen-bond acceptors (Lipinski definition) is 3. The number of ether oxygens (including phenoxy) is 1. The summed E-state index contributed by atoms with van der Waals surface area (Å²) in [5.74, 6) is 1.31. The predicted octanol–water partition coefficient (Wildman–Crippen LogP) is 2.91. The average Bonchev–Trinajstić information content (AvgIpc) is 2.28. The van der Waals surface area contributed by atoms with Crippen molar-refractivity contribution in [3.63, 3.8) is 0 Å². The first kappa shape index (κ1) is 13.0. The van der Waals surface area contributed by atoms with Gasteiger partial charge in [0.2, 0.25) is 0 Å². The number of hydrogen-bond donors (Lipinski definition) is 1. The van der Waals surface area contributed by atoms with Crippen LogP contribution in [-0.4, -0.2) is 11.1 Å². The summed E-state index contributed by atoms with van der Waals surface area (Å²) in [5.41, 5.74) is 6.81. The van der Waals surface area contributed by atoms with Crippen molar-refractivity contribution in [2.45, 2.75) is 46.3 Å². The number of rotatable bonds is 5. The standard InChI is InChI=1S/C13H22N2O/c1-5-12(14)13-7-6-11(8-15-13)16-10(4)9(2)3/h6-10,12H,5,14H2,1-4H3. The van der Waals surface area contributed by atoms with E-state index in [2.05, 4.69) is 32.7 Å². The molecule has 2 atom stereocenters. The summed E-state index contributed by atoms with van der Waals surface area (Å²) in [6.45, 7) is 8.40. The van der Waals surface area contributed by atoms with Gasteiger partial charge in [0.25, 0.3) is 0 Å². The maximum atomic E-state index is 5.89. The third-order valence-corrected chi connectivity index (χ3v) is 2.84. The van der Waals surface area contributed by atoms with Crippen molar-refractivity contribution in [2.75, 3.05) is 0 Å². The lowest BCUT2D eigenvalue weighted by atomic mass is 10.1. The van der Waals surface area contributed by atoms with Crippen LogP contribution in [0, 0.1) is 5.92 Å². The lowest BCUT2D eigenvalue weighted by molar-refractivity contribution is 0.170. The van der Waals surface area contributed by atoms with Gasteiger partial charge in [0.05, 0.1) is 18.0 Å². The molecule has 0 aliphatic carbocycles. The van der Waals surface area contributed by atoms with Crippen molar-refractivity contribution in [1.82, 2.24) is 4.98 Å². The van der Waals surface area contributed by atoms with Gasteiger partial charge >= 0.3 is 0 Å². The van der Waals surface area contributed by atoms with Gasteiger partial charge in [0.15, 0.2) is 0 Å². The summed E-state index contributed by atoms with van der Waals surface area (Å²) >= 11 is 0. The Kier molecular flexibility index (Phi) is 4.74. The van der Waals surface area contributed by atoms with E-state index in [1.807, 2.05) is 12.1 Å². The van der Waals surface area contributed by atoms with Gasteiger partial charge in [-0.05, 0) is 31.4 Å². The summed E-state index contributed by atoms with van der Waals surface area (Å²) in [7, 11) is 0. The predicted molar refractivity (Wildman–Crippen MR) is 66.4 cm³/mol. The van der Waals surface area contributed by atoms with Gasteiger partial charge in [-0.1, -0.05) is 20.8 Å². The second-order valence-electron chi connectivity index (χ2n) is 4.50. The second-order valence-corrected chi connectivity index (χ2v) is 4.50. The van der Waals surface area contributed by atoms with E-state index in [1.165, 1.54) is 0 Å². The van der Waals surface area contributed by atoms with Crippen LogP contribution < -0.4 is 10.5 Å². The number of nitrogens with zero attached hydrogens (tertiary/aromatic N) is 1. The molecule has 16 heavy (non-hydrogen) atoms. The Morgan fingerprint density at radius 2 is 2.00 bits per heavy atom. The maximum absolute atomic E-state index is 5.89. The number of nitrogens with two attached hydrogens (primary N) is 1. The molecule has 3 heteroatoms. The summed E-state index contributed by atoms with van der Waals surface area (Å²) in [6.07, 6.45) is 2.85. The van der Waals surface area contributed by atoms with Crippen molar-refractivity contribution < 1.29 is 4.74 Å². The fourth-order valence-corrected chi connectivity index (χ4v) is 1.24. The molecule has 1 aromatic rings. The molecule has 0 amide bonds. The molecule has 1 heterocycles. The molecule has 0 saturated heterocycles. The molecule has 0 saturated carbocycles. The van der Waals surface area contributed by atoms with Gasteiger partial charge in [0.1, 0.15) is 5.75 Å². The molecule has 1 rings (SSSR count). The van der Waals surface area contributed by atoms with Crippen LogP contribution in [0.3, 0.4) is 0 Å². The molecular formula is C13H22N2O. The topological polar surface area (TPSA) is 48.1 Å². The first-order valence-corrected chi connectivity index (χ1v) is 5.92. The van der Waals surface area contributed by atoms with E-state index in [4.69, 9.17) is 10.5 Å². The normalized spacial score (nSPS) is 14.9. The van der Waals surface area contributed by atoms with Gasteiger partial charge in [0, 0.05) is 6.04 Å². The zero-order chi connectivity index (χ0) is 12.1. The van der Waals surface area contributed by atoms with Crippen LogP contribution in [0.2, 0.25) is 0 Å². The molecular weight excluding hydrogens is 200 g/mol. The van der Waals surface area contributed by atoms with Crippen molar-refractivity contribution in [3.8, 4) is 5.75 Å². The van der Waals surface area contributed by atoms with E-state index in [0.29, 0.717) is 5.92 Å². The minimum absolute atomic E-state index is 0.0246. The van der Waals surface area contributed by atoms with Gasteiger partial charge in [-0.2, -0.15) is 0 Å². The van der Waals surface area contributed by atoms with Crippen LogP contribution in [-0.2, 0) is 0 Å². The van der Waals surface area contributed by atoms with Gasteiger partial charge < -0.3 is 10.5 Å². The molecule has 0 aliphatic rings. The Labute approximate surface area is 98.0 Å². The molecule has 90 valence electrons. The summed E-state index contributed by atoms with van der Waals surface area (Å²) < 4.78 is 5.74. The molecule has 0 fully saturated rings. The molecule has 2 unspecified atom stereocenters. The van der Waals surface area contributed by atoms with E-state index in [1.54, 1.807) is 6.20 Å². The quantitative estimate of drug-likeness (QED) is 0.833. The Hall–Kier alpha value is -1.09. The third kappa shape index (κ3) is 3.49. The van der Waals surface area contributed by atoms with Crippen molar-refractivity contribution in [1.29, 1.82) is 0 Å². The average molecular weight is 222 g/mol. The van der Waals surface area contributed by atoms with E-state index in [9.17, 15) is 0 Å². The van der Waals surface area contributed by atoms with E-state index < -0.39 is 0 Å². The summed E-state index contributed by atoms with van der Waals surface area (Å²) in [4.78, 5) is 4.31. The Bertz CT molecular complexity index is 308.